The van der Waals surface area contributed by atoms with Crippen molar-refractivity contribution in [3.05, 3.63) is 49.3 Å². The van der Waals surface area contributed by atoms with Gasteiger partial charge in [0.25, 0.3) is 5.56 Å². The monoisotopic (exact) mass is 272 g/mol. The van der Waals surface area contributed by atoms with Gasteiger partial charge in [-0.1, -0.05) is 11.6 Å². The van der Waals surface area contributed by atoms with E-state index in [1.54, 1.807) is 14.0 Å². The van der Waals surface area contributed by atoms with Gasteiger partial charge in [0.2, 0.25) is 5.82 Å². The van der Waals surface area contributed by atoms with Gasteiger partial charge in [0.05, 0.1) is 18.4 Å². The molecule has 96 valence electrons. The summed E-state index contributed by atoms with van der Waals surface area (Å²) in [5, 5.41) is 4.45. The van der Waals surface area contributed by atoms with Crippen LogP contribution in [0.5, 0.6) is 0 Å². The molecule has 0 aromatic carbocycles. The van der Waals surface area contributed by atoms with Gasteiger partial charge in [-0.2, -0.15) is 9.49 Å². The minimum absolute atomic E-state index is 0.0467. The fourth-order valence-electron chi connectivity index (χ4n) is 1.62. The van der Waals surface area contributed by atoms with Crippen molar-refractivity contribution in [2.75, 3.05) is 0 Å². The maximum atomic E-state index is 13.1. The molecule has 18 heavy (non-hydrogen) atoms. The van der Waals surface area contributed by atoms with Crippen LogP contribution in [-0.2, 0) is 13.6 Å². The number of aromatic nitrogens is 4. The molecule has 0 saturated heterocycles. The van der Waals surface area contributed by atoms with Gasteiger partial charge in [-0.05, 0) is 6.92 Å². The first kappa shape index (κ1) is 12.6. The van der Waals surface area contributed by atoms with Crippen molar-refractivity contribution in [3.63, 3.8) is 0 Å². The first-order chi connectivity index (χ1) is 8.40. The van der Waals surface area contributed by atoms with Crippen molar-refractivity contribution in [1.82, 2.24) is 19.3 Å². The van der Waals surface area contributed by atoms with Crippen LogP contribution in [0.4, 0.5) is 4.39 Å². The van der Waals surface area contributed by atoms with Crippen LogP contribution in [0.1, 0.15) is 11.3 Å². The maximum absolute atomic E-state index is 13.1. The Labute approximate surface area is 106 Å². The highest BCUT2D eigenvalue weighted by molar-refractivity contribution is 6.30. The molecular formula is C10H10ClFN4O2. The second kappa shape index (κ2) is 4.41. The van der Waals surface area contributed by atoms with Crippen molar-refractivity contribution in [3.8, 4) is 0 Å². The van der Waals surface area contributed by atoms with E-state index in [-0.39, 0.29) is 6.54 Å². The number of rotatable bonds is 2. The Morgan fingerprint density at radius 1 is 1.50 bits per heavy atom. The van der Waals surface area contributed by atoms with Gasteiger partial charge in [-0.3, -0.25) is 19.0 Å². The molecule has 0 unspecified atom stereocenters. The van der Waals surface area contributed by atoms with E-state index in [2.05, 4.69) is 5.10 Å². The Morgan fingerprint density at radius 2 is 2.17 bits per heavy atom. The van der Waals surface area contributed by atoms with Crippen molar-refractivity contribution in [1.29, 1.82) is 0 Å². The number of halogens is 2. The lowest BCUT2D eigenvalue weighted by Crippen LogP contribution is -2.31. The van der Waals surface area contributed by atoms with E-state index in [0.29, 0.717) is 16.4 Å². The van der Waals surface area contributed by atoms with E-state index in [9.17, 15) is 14.0 Å². The fraction of sp³-hybridized carbons (Fsp3) is 0.300. The van der Waals surface area contributed by atoms with Crippen molar-refractivity contribution >= 4 is 11.6 Å². The third-order valence-corrected chi connectivity index (χ3v) is 3.04. The summed E-state index contributed by atoms with van der Waals surface area (Å²) in [6.07, 6.45) is 0.851. The van der Waals surface area contributed by atoms with E-state index < -0.39 is 17.1 Å². The number of nitrogens with one attached hydrogen (secondary N) is 1. The molecule has 2 aromatic rings. The number of H-pyrrole nitrogens is 1. The molecule has 8 heteroatoms. The molecule has 0 radical (unpaired) electrons. The van der Waals surface area contributed by atoms with E-state index in [4.69, 9.17) is 11.6 Å². The first-order valence-corrected chi connectivity index (χ1v) is 5.45. The number of aromatic amines is 1. The normalized spacial score (nSPS) is 10.9. The third kappa shape index (κ3) is 2.08. The van der Waals surface area contributed by atoms with Crippen LogP contribution >= 0.6 is 11.6 Å². The summed E-state index contributed by atoms with van der Waals surface area (Å²) < 4.78 is 15.6. The lowest BCUT2D eigenvalue weighted by molar-refractivity contribution is 0.565. The lowest BCUT2D eigenvalue weighted by atomic mass is 10.2. The Kier molecular flexibility index (Phi) is 3.08. The SMILES string of the molecule is Cc1nn(C)c(Cl)c1Cn1cc(F)c(=O)[nH]c1=O. The van der Waals surface area contributed by atoms with Crippen LogP contribution in [0.15, 0.2) is 15.8 Å². The molecule has 2 heterocycles. The molecule has 0 spiro atoms. The largest absolute Gasteiger partial charge is 0.328 e. The number of nitrogens with zero attached hydrogens (tertiary/aromatic N) is 3. The second-order valence-electron chi connectivity index (χ2n) is 3.84. The maximum Gasteiger partial charge on any atom is 0.328 e. The first-order valence-electron chi connectivity index (χ1n) is 5.07. The molecule has 0 atom stereocenters. The molecule has 0 aliphatic heterocycles. The van der Waals surface area contributed by atoms with E-state index in [1.165, 1.54) is 4.68 Å². The minimum Gasteiger partial charge on any atom is -0.293 e. The van der Waals surface area contributed by atoms with Crippen LogP contribution < -0.4 is 11.2 Å². The van der Waals surface area contributed by atoms with Gasteiger partial charge in [-0.25, -0.2) is 4.79 Å². The van der Waals surface area contributed by atoms with Crippen LogP contribution in [0.25, 0.3) is 0 Å². The lowest BCUT2D eigenvalue weighted by Gasteiger charge is -2.04. The smallest absolute Gasteiger partial charge is 0.293 e. The minimum atomic E-state index is -1.04. The average Bonchev–Trinajstić information content (AvgIpc) is 2.52. The summed E-state index contributed by atoms with van der Waals surface area (Å²) in [6, 6.07) is 0. The highest BCUT2D eigenvalue weighted by Crippen LogP contribution is 2.18. The molecule has 0 fully saturated rings. The van der Waals surface area contributed by atoms with Gasteiger partial charge in [0, 0.05) is 12.6 Å². The Morgan fingerprint density at radius 3 is 2.72 bits per heavy atom. The van der Waals surface area contributed by atoms with Gasteiger partial charge >= 0.3 is 5.69 Å². The summed E-state index contributed by atoms with van der Waals surface area (Å²) in [4.78, 5) is 24.3. The van der Waals surface area contributed by atoms with Crippen LogP contribution in [0, 0.1) is 12.7 Å². The molecule has 1 N–H and O–H groups in total. The standard InChI is InChI=1S/C10H10ClFN4O2/c1-5-6(8(11)15(2)14-5)3-16-4-7(12)9(17)13-10(16)18/h4H,3H2,1-2H3,(H,13,17,18). The highest BCUT2D eigenvalue weighted by Gasteiger charge is 2.13. The summed E-state index contributed by atoms with van der Waals surface area (Å²) >= 11 is 6.01. The quantitative estimate of drug-likeness (QED) is 0.861. The average molecular weight is 273 g/mol. The van der Waals surface area contributed by atoms with E-state index in [0.717, 1.165) is 10.8 Å². The number of aryl methyl sites for hydroxylation is 2. The van der Waals surface area contributed by atoms with Crippen LogP contribution in [-0.4, -0.2) is 19.3 Å². The van der Waals surface area contributed by atoms with Gasteiger partial charge in [-0.15, -0.1) is 0 Å². The molecule has 0 saturated carbocycles. The number of hydrogen-bond acceptors (Lipinski definition) is 3. The molecule has 0 aliphatic rings. The summed E-state index contributed by atoms with van der Waals surface area (Å²) in [6.45, 7) is 1.78. The van der Waals surface area contributed by atoms with Crippen molar-refractivity contribution in [2.24, 2.45) is 7.05 Å². The van der Waals surface area contributed by atoms with E-state index >= 15 is 0 Å². The zero-order valence-electron chi connectivity index (χ0n) is 9.70. The van der Waals surface area contributed by atoms with E-state index in [1.807, 2.05) is 4.98 Å². The highest BCUT2D eigenvalue weighted by atomic mass is 35.5. The Bertz CT molecular complexity index is 716. The van der Waals surface area contributed by atoms with Crippen LogP contribution in [0.2, 0.25) is 5.15 Å². The fourth-order valence-corrected chi connectivity index (χ4v) is 1.86. The van der Waals surface area contributed by atoms with Crippen molar-refractivity contribution < 1.29 is 4.39 Å². The zero-order valence-corrected chi connectivity index (χ0v) is 10.5. The topological polar surface area (TPSA) is 72.7 Å². The van der Waals surface area contributed by atoms with Gasteiger partial charge in [0.15, 0.2) is 0 Å². The van der Waals surface area contributed by atoms with Crippen molar-refractivity contribution in [2.45, 2.75) is 13.5 Å². The Hall–Kier alpha value is -1.89. The molecule has 2 rings (SSSR count). The summed E-state index contributed by atoms with van der Waals surface area (Å²) in [5.74, 6) is -1.02. The molecule has 2 aromatic heterocycles. The molecule has 0 aliphatic carbocycles. The Balaban J connectivity index is 2.50. The summed E-state index contributed by atoms with van der Waals surface area (Å²) in [5.41, 5.74) is -0.486. The summed E-state index contributed by atoms with van der Waals surface area (Å²) in [7, 11) is 1.66. The van der Waals surface area contributed by atoms with Gasteiger partial charge in [0.1, 0.15) is 5.15 Å². The predicted molar refractivity (Wildman–Crippen MR) is 63.3 cm³/mol. The predicted octanol–water partition coefficient (Wildman–Crippen LogP) is 0.419. The third-order valence-electron chi connectivity index (χ3n) is 2.57. The molecule has 6 nitrogen and oxygen atoms in total. The molecular weight excluding hydrogens is 263 g/mol. The van der Waals surface area contributed by atoms with Crippen LogP contribution in [0.3, 0.4) is 0 Å². The molecule has 0 amide bonds. The number of hydrogen-bond donors (Lipinski definition) is 1. The molecule has 0 bridgehead atoms. The zero-order chi connectivity index (χ0) is 13.4. The van der Waals surface area contributed by atoms with Gasteiger partial charge < -0.3 is 0 Å². The second-order valence-corrected chi connectivity index (χ2v) is 4.20.